The number of nitrogens with zero attached hydrogens (tertiary/aromatic N) is 2. The van der Waals surface area contributed by atoms with Crippen molar-refractivity contribution >= 4 is 41.1 Å². The maximum absolute atomic E-state index is 13.8. The zero-order valence-corrected chi connectivity index (χ0v) is 20.1. The van der Waals surface area contributed by atoms with Crippen LogP contribution in [0.1, 0.15) is 24.5 Å². The zero-order valence-electron chi connectivity index (χ0n) is 20.1. The largest absolute Gasteiger partial charge is 0.507 e. The summed E-state index contributed by atoms with van der Waals surface area (Å²) in [6.07, 6.45) is -0.318. The molecule has 0 spiro atoms. The first kappa shape index (κ1) is 24.3. The second-order valence-corrected chi connectivity index (χ2v) is 9.88. The van der Waals surface area contributed by atoms with Crippen LogP contribution in [0.5, 0.6) is 5.75 Å². The van der Waals surface area contributed by atoms with Gasteiger partial charge in [-0.1, -0.05) is 36.4 Å². The molecule has 0 aromatic heterocycles. The number of aliphatic hydroxyl groups is 1. The number of aliphatic hydroxyl groups excluding tert-OH is 1. The lowest BCUT2D eigenvalue weighted by Crippen LogP contribution is -2.45. The first-order valence-corrected chi connectivity index (χ1v) is 12.3. The Morgan fingerprint density at radius 3 is 2.53 bits per heavy atom. The lowest BCUT2D eigenvalue weighted by Gasteiger charge is -2.42. The second-order valence-electron chi connectivity index (χ2n) is 9.88. The number of carbonyl (C=O) groups is 2. The third-order valence-electron chi connectivity index (χ3n) is 7.98. The SMILES string of the molecule is O=C1[C@H]2[C@H](CC(CO)=C3B(O)O[C@H](c4ccc(O)c5ccccc45)C[C@H]32)C(=O)N1c1cccc([N+](=O)[O-])c1. The number of carbonyl (C=O) groups excluding carboxylic acids is 2. The number of hydrogen-bond acceptors (Lipinski definition) is 8. The summed E-state index contributed by atoms with van der Waals surface area (Å²) in [4.78, 5) is 39.0. The number of phenolic OH excluding ortho intramolecular Hbond substituents is 1. The Morgan fingerprint density at radius 1 is 1.03 bits per heavy atom. The van der Waals surface area contributed by atoms with Gasteiger partial charge in [0.05, 0.1) is 35.2 Å². The number of allylic oxidation sites excluding steroid dienone is 1. The normalized spacial score (nSPS) is 25.1. The number of rotatable bonds is 4. The summed E-state index contributed by atoms with van der Waals surface area (Å²) in [5.41, 5.74) is 1.46. The first-order chi connectivity index (χ1) is 18.3. The Hall–Kier alpha value is -4.06. The van der Waals surface area contributed by atoms with Gasteiger partial charge in [0, 0.05) is 17.5 Å². The molecule has 2 amide bonds. The summed E-state index contributed by atoms with van der Waals surface area (Å²) in [6.45, 7) is -0.402. The Labute approximate surface area is 217 Å². The molecule has 2 aliphatic heterocycles. The van der Waals surface area contributed by atoms with Gasteiger partial charge in [0.2, 0.25) is 11.8 Å². The molecule has 0 unspecified atom stereocenters. The van der Waals surface area contributed by atoms with Crippen molar-refractivity contribution in [1.29, 1.82) is 0 Å². The molecule has 0 saturated carbocycles. The van der Waals surface area contributed by atoms with E-state index in [-0.39, 0.29) is 30.0 Å². The van der Waals surface area contributed by atoms with E-state index in [2.05, 4.69) is 0 Å². The van der Waals surface area contributed by atoms with Crippen LogP contribution in [0.4, 0.5) is 11.4 Å². The molecule has 11 heteroatoms. The summed E-state index contributed by atoms with van der Waals surface area (Å²) >= 11 is 0. The average Bonchev–Trinajstić information content (AvgIpc) is 3.17. The number of aromatic hydroxyl groups is 1. The molecular weight excluding hydrogens is 491 g/mol. The summed E-state index contributed by atoms with van der Waals surface area (Å²) < 4.78 is 6.01. The van der Waals surface area contributed by atoms with E-state index in [0.717, 1.165) is 15.8 Å². The standard InChI is InChI=1S/C27H23BN2O8/c31-13-14-10-21-24(27(34)29(26(21)33)15-4-3-5-16(11-15)30(36)37)20-12-23(38-28(35)25(14)20)19-8-9-22(32)18-7-2-1-6-17(18)19/h1-9,11,20-21,23-24,31-32,35H,10,12-13H2/t20-,21-,23-,24+/m0/s1. The van der Waals surface area contributed by atoms with Crippen molar-refractivity contribution in [2.75, 3.05) is 11.5 Å². The molecule has 38 heavy (non-hydrogen) atoms. The monoisotopic (exact) mass is 514 g/mol. The predicted molar refractivity (Wildman–Crippen MR) is 137 cm³/mol. The number of hydrogen-bond donors (Lipinski definition) is 3. The van der Waals surface area contributed by atoms with E-state index >= 15 is 0 Å². The fraction of sp³-hybridized carbons (Fsp3) is 0.259. The zero-order chi connectivity index (χ0) is 26.7. The number of benzene rings is 3. The molecule has 4 atom stereocenters. The Balaban J connectivity index is 1.42. The van der Waals surface area contributed by atoms with Gasteiger partial charge in [-0.25, -0.2) is 4.90 Å². The molecule has 3 aromatic carbocycles. The van der Waals surface area contributed by atoms with Gasteiger partial charge in [-0.15, -0.1) is 0 Å². The van der Waals surface area contributed by atoms with Crippen LogP contribution in [0.15, 0.2) is 71.7 Å². The third kappa shape index (κ3) is 3.62. The lowest BCUT2D eigenvalue weighted by molar-refractivity contribution is -0.384. The molecule has 1 aliphatic carbocycles. The summed E-state index contributed by atoms with van der Waals surface area (Å²) in [5, 5.41) is 44.2. The van der Waals surface area contributed by atoms with Crippen LogP contribution in [0.3, 0.4) is 0 Å². The van der Waals surface area contributed by atoms with Crippen molar-refractivity contribution in [1.82, 2.24) is 0 Å². The quantitative estimate of drug-likeness (QED) is 0.208. The van der Waals surface area contributed by atoms with Crippen molar-refractivity contribution < 1.29 is 34.4 Å². The molecule has 10 nitrogen and oxygen atoms in total. The molecule has 3 aliphatic rings. The van der Waals surface area contributed by atoms with Gasteiger partial charge >= 0.3 is 7.12 Å². The smallest absolute Gasteiger partial charge is 0.487 e. The van der Waals surface area contributed by atoms with Crippen LogP contribution in [-0.2, 0) is 14.2 Å². The Morgan fingerprint density at radius 2 is 1.79 bits per heavy atom. The maximum Gasteiger partial charge on any atom is 0.487 e. The highest BCUT2D eigenvalue weighted by molar-refractivity contribution is 6.53. The van der Waals surface area contributed by atoms with Crippen molar-refractivity contribution in [3.05, 3.63) is 87.4 Å². The van der Waals surface area contributed by atoms with E-state index in [4.69, 9.17) is 4.65 Å². The van der Waals surface area contributed by atoms with Gasteiger partial charge in [0.15, 0.2) is 0 Å². The highest BCUT2D eigenvalue weighted by atomic mass is 16.6. The fourth-order valence-electron chi connectivity index (χ4n) is 6.34. The van der Waals surface area contributed by atoms with Crippen molar-refractivity contribution in [3.63, 3.8) is 0 Å². The van der Waals surface area contributed by atoms with E-state index < -0.39 is 54.3 Å². The highest BCUT2D eigenvalue weighted by Crippen LogP contribution is 2.52. The highest BCUT2D eigenvalue weighted by Gasteiger charge is 2.58. The maximum atomic E-state index is 13.8. The number of non-ortho nitro benzene ring substituents is 1. The third-order valence-corrected chi connectivity index (χ3v) is 7.98. The lowest BCUT2D eigenvalue weighted by atomic mass is 9.55. The molecular formula is C27H23BN2O8. The van der Waals surface area contributed by atoms with Crippen LogP contribution >= 0.6 is 0 Å². The molecule has 2 fully saturated rings. The van der Waals surface area contributed by atoms with Crippen molar-refractivity contribution in [3.8, 4) is 5.75 Å². The molecule has 2 heterocycles. The molecule has 0 radical (unpaired) electrons. The van der Waals surface area contributed by atoms with Gasteiger partial charge in [-0.3, -0.25) is 19.7 Å². The Bertz CT molecular complexity index is 1540. The van der Waals surface area contributed by atoms with Crippen LogP contribution in [0.25, 0.3) is 10.8 Å². The summed E-state index contributed by atoms with van der Waals surface area (Å²) in [6, 6.07) is 15.9. The first-order valence-electron chi connectivity index (χ1n) is 12.3. The number of nitro groups is 1. The average molecular weight is 514 g/mol. The van der Waals surface area contributed by atoms with Gasteiger partial charge in [-0.2, -0.15) is 0 Å². The van der Waals surface area contributed by atoms with Crippen LogP contribution in [0.2, 0.25) is 0 Å². The molecule has 3 N–H and O–H groups in total. The van der Waals surface area contributed by atoms with Gasteiger partial charge in [0.1, 0.15) is 5.75 Å². The van der Waals surface area contributed by atoms with Crippen LogP contribution in [0, 0.1) is 27.9 Å². The van der Waals surface area contributed by atoms with Crippen LogP contribution < -0.4 is 4.90 Å². The van der Waals surface area contributed by atoms with E-state index in [9.17, 15) is 34.9 Å². The van der Waals surface area contributed by atoms with Gasteiger partial charge in [-0.05, 0) is 52.9 Å². The Kier molecular flexibility index (Phi) is 5.79. The minimum atomic E-state index is -1.40. The van der Waals surface area contributed by atoms with Crippen molar-refractivity contribution in [2.45, 2.75) is 18.9 Å². The number of amides is 2. The fourth-order valence-corrected chi connectivity index (χ4v) is 6.34. The molecule has 3 aromatic rings. The van der Waals surface area contributed by atoms with E-state index in [1.54, 1.807) is 24.3 Å². The summed E-state index contributed by atoms with van der Waals surface area (Å²) in [7, 11) is -1.40. The number of phenols is 1. The van der Waals surface area contributed by atoms with Gasteiger partial charge < -0.3 is 19.9 Å². The van der Waals surface area contributed by atoms with E-state index in [1.807, 2.05) is 12.1 Å². The number of imide groups is 1. The van der Waals surface area contributed by atoms with Crippen molar-refractivity contribution in [2.24, 2.45) is 17.8 Å². The summed E-state index contributed by atoms with van der Waals surface area (Å²) in [5.74, 6) is -3.08. The molecule has 0 bridgehead atoms. The topological polar surface area (TPSA) is 150 Å². The number of fused-ring (bicyclic) bond motifs is 4. The predicted octanol–water partition coefficient (Wildman–Crippen LogP) is 3.05. The molecule has 192 valence electrons. The number of anilines is 1. The number of nitro benzene ring substituents is 1. The van der Waals surface area contributed by atoms with Crippen LogP contribution in [-0.4, -0.2) is 45.7 Å². The minimum absolute atomic E-state index is 0.0796. The molecule has 2 saturated heterocycles. The minimum Gasteiger partial charge on any atom is -0.507 e. The van der Waals surface area contributed by atoms with Gasteiger partial charge in [0.25, 0.3) is 5.69 Å². The molecule has 6 rings (SSSR count). The second kappa shape index (κ2) is 9.05. The van der Waals surface area contributed by atoms with E-state index in [0.29, 0.717) is 16.4 Å². The van der Waals surface area contributed by atoms with E-state index in [1.165, 1.54) is 24.3 Å².